The van der Waals surface area contributed by atoms with E-state index in [1.54, 1.807) is 39.0 Å². The van der Waals surface area contributed by atoms with Crippen molar-refractivity contribution in [2.75, 3.05) is 33.9 Å². The molecule has 288 valence electrons. The number of aryl methyl sites for hydroxylation is 1. The number of rotatable bonds is 16. The molecule has 2 fully saturated rings. The highest BCUT2D eigenvalue weighted by Crippen LogP contribution is 2.38. The van der Waals surface area contributed by atoms with E-state index in [4.69, 9.17) is 14.2 Å². The number of methoxy groups -OCH3 is 2. The fourth-order valence-electron chi connectivity index (χ4n) is 7.24. The molecule has 6 rings (SSSR count). The Morgan fingerprint density at radius 2 is 1.69 bits per heavy atom. The summed E-state index contributed by atoms with van der Waals surface area (Å²) < 4.78 is 31.2. The Morgan fingerprint density at radius 3 is 2.33 bits per heavy atom. The zero-order chi connectivity index (χ0) is 38.6. The summed E-state index contributed by atoms with van der Waals surface area (Å²) in [5.41, 5.74) is 3.62. The van der Waals surface area contributed by atoms with Crippen molar-refractivity contribution in [1.82, 2.24) is 15.1 Å². The second-order valence-corrected chi connectivity index (χ2v) is 16.0. The number of amides is 2. The van der Waals surface area contributed by atoms with Crippen molar-refractivity contribution in [3.05, 3.63) is 93.2 Å². The third kappa shape index (κ3) is 9.44. The second-order valence-electron chi connectivity index (χ2n) is 15.1. The lowest BCUT2D eigenvalue weighted by Gasteiger charge is -2.45. The van der Waals surface area contributed by atoms with Crippen LogP contribution in [0, 0.1) is 11.2 Å². The van der Waals surface area contributed by atoms with Gasteiger partial charge in [0.2, 0.25) is 5.91 Å². The van der Waals surface area contributed by atoms with Gasteiger partial charge in [-0.15, -0.1) is 0 Å². The highest BCUT2D eigenvalue weighted by atomic mass is 79.9. The predicted molar refractivity (Wildman–Crippen MR) is 207 cm³/mol. The van der Waals surface area contributed by atoms with E-state index in [0.717, 1.165) is 47.9 Å². The number of hydrogen-bond acceptors (Lipinski definition) is 7. The molecule has 0 unspecified atom stereocenters. The summed E-state index contributed by atoms with van der Waals surface area (Å²) in [5, 5.41) is 13.3. The van der Waals surface area contributed by atoms with Gasteiger partial charge in [0.05, 0.1) is 36.8 Å². The fraction of sp³-hybridized carbons (Fsp3) is 0.452. The monoisotopic (exact) mass is 805 g/mol. The van der Waals surface area contributed by atoms with E-state index in [1.165, 1.54) is 12.1 Å². The molecule has 12 heteroatoms. The maximum atomic E-state index is 14.9. The number of carboxylic acid groups (broad SMARTS) is 1. The number of nitrogens with zero attached hydrogens (tertiary/aromatic N) is 2. The Morgan fingerprint density at radius 1 is 0.981 bits per heavy atom. The molecule has 2 bridgehead atoms. The molecule has 1 saturated carbocycles. The minimum atomic E-state index is -1.01. The van der Waals surface area contributed by atoms with Gasteiger partial charge >= 0.3 is 5.97 Å². The van der Waals surface area contributed by atoms with Crippen molar-refractivity contribution < 1.29 is 38.1 Å². The first-order valence-corrected chi connectivity index (χ1v) is 19.3. The summed E-state index contributed by atoms with van der Waals surface area (Å²) in [5.74, 6) is 0.330. The molecule has 2 aliphatic heterocycles. The van der Waals surface area contributed by atoms with Gasteiger partial charge < -0.3 is 34.4 Å². The molecule has 10 nitrogen and oxygen atoms in total. The molecule has 1 saturated heterocycles. The Labute approximate surface area is 324 Å². The van der Waals surface area contributed by atoms with Crippen LogP contribution in [0.5, 0.6) is 17.2 Å². The van der Waals surface area contributed by atoms with Gasteiger partial charge in [0, 0.05) is 55.8 Å². The number of halogens is 2. The van der Waals surface area contributed by atoms with E-state index in [1.807, 2.05) is 23.1 Å². The van der Waals surface area contributed by atoms with Gasteiger partial charge in [-0.25, -0.2) is 4.39 Å². The lowest BCUT2D eigenvalue weighted by Crippen LogP contribution is -2.62. The molecule has 3 aromatic rings. The number of hydrogen-bond donors (Lipinski definition) is 2. The Balaban J connectivity index is 1.25. The number of benzene rings is 3. The van der Waals surface area contributed by atoms with Crippen molar-refractivity contribution in [3.63, 3.8) is 0 Å². The molecule has 54 heavy (non-hydrogen) atoms. The zero-order valence-electron chi connectivity index (χ0n) is 31.3. The molecule has 3 aliphatic rings. The lowest BCUT2D eigenvalue weighted by atomic mass is 9.82. The van der Waals surface area contributed by atoms with E-state index < -0.39 is 17.4 Å². The second kappa shape index (κ2) is 16.9. The summed E-state index contributed by atoms with van der Waals surface area (Å²) in [6.45, 7) is 4.88. The Kier molecular flexibility index (Phi) is 12.3. The first kappa shape index (κ1) is 39.3. The van der Waals surface area contributed by atoms with Crippen LogP contribution in [0.4, 0.5) is 4.39 Å². The Hall–Kier alpha value is -4.42. The van der Waals surface area contributed by atoms with Gasteiger partial charge in [-0.3, -0.25) is 14.4 Å². The lowest BCUT2D eigenvalue weighted by molar-refractivity contribution is -0.148. The van der Waals surface area contributed by atoms with Crippen LogP contribution in [0.3, 0.4) is 0 Å². The fourth-order valence-corrected chi connectivity index (χ4v) is 7.60. The van der Waals surface area contributed by atoms with Gasteiger partial charge in [0.25, 0.3) is 5.91 Å². The summed E-state index contributed by atoms with van der Waals surface area (Å²) >= 11 is 3.41. The molecule has 0 spiro atoms. The number of fused-ring (bicyclic) bond motifs is 2. The summed E-state index contributed by atoms with van der Waals surface area (Å²) in [6, 6.07) is 18.0. The molecule has 2 amide bonds. The summed E-state index contributed by atoms with van der Waals surface area (Å²) in [7, 11) is 3.21. The van der Waals surface area contributed by atoms with Crippen LogP contribution < -0.4 is 19.5 Å². The standard InChI is InChI=1S/C42H49BrFN3O7/c1-42(2,41(50)51)16-15-38(48)46-24-30-21-34(28-9-7-26(8-10-28)6-5-17-54-37-20-29(44)11-14-35(37)43)39(36(25-46)45-30)40(49)47(31-12-13-31)23-27-18-32(52-3)22-33(19-27)53-4/h7-11,14,18-20,22,30-31,36,45H,5-6,12-13,15-17,21,23-25H2,1-4H3,(H,50,51)/t30-,36+/m0/s1. The average molecular weight is 807 g/mol. The number of carboxylic acids is 1. The van der Waals surface area contributed by atoms with E-state index in [0.29, 0.717) is 60.0 Å². The van der Waals surface area contributed by atoms with E-state index in [2.05, 4.69) is 45.5 Å². The van der Waals surface area contributed by atoms with Gasteiger partial charge in [0.1, 0.15) is 23.1 Å². The largest absolute Gasteiger partial charge is 0.497 e. The first-order valence-electron chi connectivity index (χ1n) is 18.6. The SMILES string of the molecule is COc1cc(CN(C(=O)C2=C(c3ccc(CCCOc4cc(F)ccc4Br)cc3)C[C@H]3CN(C(=O)CCC(C)(C)C(=O)O)C[C@H]2N3)C2CC2)cc(OC)c1. The smallest absolute Gasteiger partial charge is 0.309 e. The van der Waals surface area contributed by atoms with Crippen molar-refractivity contribution in [2.24, 2.45) is 5.41 Å². The third-order valence-electron chi connectivity index (χ3n) is 10.6. The number of piperazine rings is 1. The molecule has 2 atom stereocenters. The summed E-state index contributed by atoms with van der Waals surface area (Å²) in [4.78, 5) is 44.0. The third-order valence-corrected chi connectivity index (χ3v) is 11.3. The molecule has 2 heterocycles. The van der Waals surface area contributed by atoms with Gasteiger partial charge in [-0.1, -0.05) is 24.3 Å². The van der Waals surface area contributed by atoms with Crippen molar-refractivity contribution >= 4 is 39.3 Å². The molecule has 2 N–H and O–H groups in total. The maximum absolute atomic E-state index is 14.9. The van der Waals surface area contributed by atoms with Crippen LogP contribution >= 0.6 is 15.9 Å². The predicted octanol–water partition coefficient (Wildman–Crippen LogP) is 7.03. The molecular weight excluding hydrogens is 757 g/mol. The van der Waals surface area contributed by atoms with Crippen LogP contribution in [-0.2, 0) is 27.3 Å². The van der Waals surface area contributed by atoms with Gasteiger partial charge in [0.15, 0.2) is 0 Å². The number of ether oxygens (including phenoxy) is 3. The highest BCUT2D eigenvalue weighted by molar-refractivity contribution is 9.10. The van der Waals surface area contributed by atoms with Crippen molar-refractivity contribution in [3.8, 4) is 17.2 Å². The molecule has 1 aliphatic carbocycles. The topological polar surface area (TPSA) is 118 Å². The number of carbonyl (C=O) groups excluding carboxylic acids is 2. The molecule has 3 aromatic carbocycles. The minimum absolute atomic E-state index is 0.0590. The molecule has 0 radical (unpaired) electrons. The van der Waals surface area contributed by atoms with Crippen LogP contribution in [0.1, 0.15) is 69.1 Å². The maximum Gasteiger partial charge on any atom is 0.309 e. The minimum Gasteiger partial charge on any atom is -0.497 e. The van der Waals surface area contributed by atoms with Crippen LogP contribution in [0.15, 0.2) is 70.7 Å². The van der Waals surface area contributed by atoms with E-state index in [-0.39, 0.29) is 42.6 Å². The van der Waals surface area contributed by atoms with Crippen LogP contribution in [0.2, 0.25) is 0 Å². The summed E-state index contributed by atoms with van der Waals surface area (Å²) in [6.07, 6.45) is 4.23. The quantitative estimate of drug-likeness (QED) is 0.148. The normalized spacial score (nSPS) is 18.3. The van der Waals surface area contributed by atoms with Crippen molar-refractivity contribution in [1.29, 1.82) is 0 Å². The van der Waals surface area contributed by atoms with E-state index >= 15 is 0 Å². The van der Waals surface area contributed by atoms with E-state index in [9.17, 15) is 23.9 Å². The number of aliphatic carboxylic acids is 1. The van der Waals surface area contributed by atoms with Gasteiger partial charge in [-0.2, -0.15) is 0 Å². The first-order chi connectivity index (χ1) is 25.8. The zero-order valence-corrected chi connectivity index (χ0v) is 32.9. The van der Waals surface area contributed by atoms with Gasteiger partial charge in [-0.05, 0) is 115 Å². The van der Waals surface area contributed by atoms with Crippen LogP contribution in [0.25, 0.3) is 5.57 Å². The van der Waals surface area contributed by atoms with Crippen molar-refractivity contribution in [2.45, 2.75) is 83.5 Å². The number of nitrogens with one attached hydrogen (secondary N) is 1. The molecular formula is C42H49BrFN3O7. The highest BCUT2D eigenvalue weighted by Gasteiger charge is 2.43. The molecule has 0 aromatic heterocycles. The average Bonchev–Trinajstić information content (AvgIpc) is 4.01. The Bertz CT molecular complexity index is 1870. The van der Waals surface area contributed by atoms with Crippen LogP contribution in [-0.4, -0.2) is 84.7 Å². The number of carbonyl (C=O) groups is 3.